The first-order chi connectivity index (χ1) is 12.8. The van der Waals surface area contributed by atoms with E-state index in [0.29, 0.717) is 11.4 Å². The predicted molar refractivity (Wildman–Crippen MR) is 95.8 cm³/mol. The van der Waals surface area contributed by atoms with Crippen molar-refractivity contribution in [2.45, 2.75) is 18.5 Å². The van der Waals surface area contributed by atoms with E-state index in [0.717, 1.165) is 0 Å². The Morgan fingerprint density at radius 2 is 2.07 bits per heavy atom. The van der Waals surface area contributed by atoms with Crippen molar-refractivity contribution in [3.63, 3.8) is 0 Å². The smallest absolute Gasteiger partial charge is 0.269 e. The number of nitrogens with two attached hydrogens (primary N) is 1. The summed E-state index contributed by atoms with van der Waals surface area (Å²) in [6.45, 7) is -0.626. The fraction of sp³-hybridized carbons (Fsp3) is 0.312. The van der Waals surface area contributed by atoms with Gasteiger partial charge in [-0.3, -0.25) is 19.7 Å². The van der Waals surface area contributed by atoms with Crippen LogP contribution in [0.3, 0.4) is 0 Å². The van der Waals surface area contributed by atoms with Crippen molar-refractivity contribution in [2.24, 2.45) is 5.73 Å². The number of hydrogen-bond acceptors (Lipinski definition) is 7. The van der Waals surface area contributed by atoms with Crippen LogP contribution in [0.25, 0.3) is 0 Å². The Bertz CT molecular complexity index is 792. The zero-order chi connectivity index (χ0) is 20.0. The molecule has 1 aromatic heterocycles. The van der Waals surface area contributed by atoms with Crippen LogP contribution in [0.1, 0.15) is 5.69 Å². The molecule has 0 radical (unpaired) electrons. The number of aromatic amines is 1. The van der Waals surface area contributed by atoms with Gasteiger partial charge in [-0.1, -0.05) is 0 Å². The second-order valence-corrected chi connectivity index (χ2v) is 5.80. The molecule has 2 atom stereocenters. The van der Waals surface area contributed by atoms with Gasteiger partial charge in [-0.05, 0) is 12.1 Å². The maximum Gasteiger partial charge on any atom is 0.269 e. The van der Waals surface area contributed by atoms with Crippen molar-refractivity contribution >= 4 is 23.2 Å². The first-order valence-corrected chi connectivity index (χ1v) is 7.99. The SMILES string of the molecule is CN(C(=O)[C@H](CO)NC(=O)[C@@H](N)Cc1cnc[nH]1)c1ccc([N+](=O)[O-])cc1. The molecule has 5 N–H and O–H groups in total. The number of nitrogens with zero attached hydrogens (tertiary/aromatic N) is 3. The van der Waals surface area contributed by atoms with Gasteiger partial charge in [-0.25, -0.2) is 4.98 Å². The number of nitro groups is 1. The number of imidazole rings is 1. The second kappa shape index (κ2) is 8.87. The van der Waals surface area contributed by atoms with Gasteiger partial charge < -0.3 is 26.0 Å². The van der Waals surface area contributed by atoms with Gasteiger partial charge in [0, 0.05) is 43.2 Å². The van der Waals surface area contributed by atoms with Crippen LogP contribution in [0.2, 0.25) is 0 Å². The molecule has 0 aliphatic rings. The molecule has 11 heteroatoms. The zero-order valence-electron chi connectivity index (χ0n) is 14.5. The van der Waals surface area contributed by atoms with Crippen molar-refractivity contribution in [3.05, 3.63) is 52.6 Å². The molecular formula is C16H20N6O5. The number of hydrogen-bond donors (Lipinski definition) is 4. The van der Waals surface area contributed by atoms with Crippen LogP contribution in [-0.4, -0.2) is 57.6 Å². The Morgan fingerprint density at radius 3 is 2.59 bits per heavy atom. The molecule has 0 spiro atoms. The van der Waals surface area contributed by atoms with Crippen molar-refractivity contribution in [3.8, 4) is 0 Å². The average Bonchev–Trinajstić information content (AvgIpc) is 3.17. The molecule has 0 aliphatic carbocycles. The third-order valence-electron chi connectivity index (χ3n) is 3.91. The van der Waals surface area contributed by atoms with Gasteiger partial charge in [-0.2, -0.15) is 0 Å². The maximum absolute atomic E-state index is 12.5. The fourth-order valence-corrected chi connectivity index (χ4v) is 2.35. The number of amides is 2. The van der Waals surface area contributed by atoms with Crippen molar-refractivity contribution in [1.29, 1.82) is 0 Å². The highest BCUT2D eigenvalue weighted by atomic mass is 16.6. The van der Waals surface area contributed by atoms with Crippen LogP contribution in [0.5, 0.6) is 0 Å². The molecule has 2 amide bonds. The lowest BCUT2D eigenvalue weighted by atomic mass is 10.1. The van der Waals surface area contributed by atoms with Crippen molar-refractivity contribution < 1.29 is 19.6 Å². The Balaban J connectivity index is 2.01. The van der Waals surface area contributed by atoms with Gasteiger partial charge >= 0.3 is 0 Å². The van der Waals surface area contributed by atoms with E-state index < -0.39 is 35.4 Å². The largest absolute Gasteiger partial charge is 0.394 e. The Hall–Kier alpha value is -3.31. The van der Waals surface area contributed by atoms with Crippen LogP contribution >= 0.6 is 0 Å². The minimum absolute atomic E-state index is 0.114. The molecule has 0 fully saturated rings. The van der Waals surface area contributed by atoms with Gasteiger partial charge in [0.2, 0.25) is 5.91 Å². The minimum atomic E-state index is -1.20. The first kappa shape index (κ1) is 20.0. The summed E-state index contributed by atoms with van der Waals surface area (Å²) in [7, 11) is 1.43. The molecule has 11 nitrogen and oxygen atoms in total. The molecule has 0 saturated carbocycles. The van der Waals surface area contributed by atoms with Gasteiger partial charge in [0.1, 0.15) is 6.04 Å². The molecule has 0 saturated heterocycles. The van der Waals surface area contributed by atoms with Crippen LogP contribution in [0.15, 0.2) is 36.8 Å². The van der Waals surface area contributed by atoms with Gasteiger partial charge in [0.25, 0.3) is 11.6 Å². The van der Waals surface area contributed by atoms with Crippen LogP contribution in [-0.2, 0) is 16.0 Å². The Kier molecular flexibility index (Phi) is 6.57. The summed E-state index contributed by atoms with van der Waals surface area (Å²) in [4.78, 5) is 42.7. The summed E-state index contributed by atoms with van der Waals surface area (Å²) < 4.78 is 0. The lowest BCUT2D eigenvalue weighted by Gasteiger charge is -2.24. The lowest BCUT2D eigenvalue weighted by Crippen LogP contribution is -2.54. The standard InChI is InChI=1S/C16H20N6O5/c1-21(11-2-4-12(5-3-11)22(26)27)16(25)14(8-23)20-15(24)13(17)6-10-7-18-9-19-10/h2-5,7,9,13-14,23H,6,8,17H2,1H3,(H,18,19)(H,20,24)/t13-,14-/m0/s1. The third-order valence-corrected chi connectivity index (χ3v) is 3.91. The number of non-ortho nitro benzene ring substituents is 1. The number of aliphatic hydroxyl groups excluding tert-OH is 1. The van der Waals surface area contributed by atoms with E-state index in [1.807, 2.05) is 0 Å². The lowest BCUT2D eigenvalue weighted by molar-refractivity contribution is -0.384. The van der Waals surface area contributed by atoms with Gasteiger partial charge in [0.15, 0.2) is 0 Å². The Morgan fingerprint density at radius 1 is 1.41 bits per heavy atom. The van der Waals surface area contributed by atoms with E-state index in [2.05, 4.69) is 15.3 Å². The second-order valence-electron chi connectivity index (χ2n) is 5.80. The predicted octanol–water partition coefficient (Wildman–Crippen LogP) is -0.672. The van der Waals surface area contributed by atoms with E-state index in [-0.39, 0.29) is 12.1 Å². The minimum Gasteiger partial charge on any atom is -0.394 e. The number of rotatable bonds is 8. The normalized spacial score (nSPS) is 12.9. The van der Waals surface area contributed by atoms with E-state index in [1.54, 1.807) is 0 Å². The van der Waals surface area contributed by atoms with Crippen LogP contribution in [0.4, 0.5) is 11.4 Å². The van der Waals surface area contributed by atoms with Crippen molar-refractivity contribution in [1.82, 2.24) is 15.3 Å². The number of aromatic nitrogens is 2. The number of anilines is 1. The highest BCUT2D eigenvalue weighted by molar-refractivity contribution is 5.99. The molecule has 2 aromatic rings. The molecule has 0 bridgehead atoms. The fourth-order valence-electron chi connectivity index (χ4n) is 2.35. The van der Waals surface area contributed by atoms with Gasteiger partial charge in [0.05, 0.1) is 23.9 Å². The number of carbonyl (C=O) groups is 2. The number of H-pyrrole nitrogens is 1. The molecular weight excluding hydrogens is 356 g/mol. The number of carbonyl (C=O) groups excluding carboxylic acids is 2. The number of nitro benzene ring substituents is 1. The van der Waals surface area contributed by atoms with E-state index in [1.165, 1.54) is 48.7 Å². The molecule has 1 aromatic carbocycles. The molecule has 27 heavy (non-hydrogen) atoms. The molecule has 0 unspecified atom stereocenters. The van der Waals surface area contributed by atoms with E-state index in [4.69, 9.17) is 5.73 Å². The summed E-state index contributed by atoms with van der Waals surface area (Å²) in [6, 6.07) is 3.17. The molecule has 0 aliphatic heterocycles. The number of aliphatic hydroxyl groups is 1. The van der Waals surface area contributed by atoms with Crippen LogP contribution < -0.4 is 16.0 Å². The van der Waals surface area contributed by atoms with Crippen molar-refractivity contribution in [2.75, 3.05) is 18.6 Å². The van der Waals surface area contributed by atoms with Gasteiger partial charge in [-0.15, -0.1) is 0 Å². The highest BCUT2D eigenvalue weighted by Gasteiger charge is 2.26. The summed E-state index contributed by atoms with van der Waals surface area (Å²) in [5.41, 5.74) is 6.73. The zero-order valence-corrected chi connectivity index (χ0v) is 14.5. The topological polar surface area (TPSA) is 167 Å². The molecule has 144 valence electrons. The van der Waals surface area contributed by atoms with E-state index in [9.17, 15) is 24.8 Å². The molecule has 1 heterocycles. The average molecular weight is 376 g/mol. The summed E-state index contributed by atoms with van der Waals surface area (Å²) in [5, 5.41) is 22.6. The number of likely N-dealkylation sites (N-methyl/N-ethyl adjacent to an activating group) is 1. The third kappa shape index (κ3) is 5.09. The number of nitrogens with one attached hydrogen (secondary N) is 2. The Labute approximate surface area is 154 Å². The summed E-state index contributed by atoms with van der Waals surface area (Å²) >= 11 is 0. The summed E-state index contributed by atoms with van der Waals surface area (Å²) in [6.07, 6.45) is 3.18. The summed E-state index contributed by atoms with van der Waals surface area (Å²) in [5.74, 6) is -1.19. The maximum atomic E-state index is 12.5. The highest BCUT2D eigenvalue weighted by Crippen LogP contribution is 2.19. The number of benzene rings is 1. The molecule has 2 rings (SSSR count). The van der Waals surface area contributed by atoms with Crippen LogP contribution in [0, 0.1) is 10.1 Å². The first-order valence-electron chi connectivity index (χ1n) is 7.99. The van der Waals surface area contributed by atoms with E-state index >= 15 is 0 Å². The quantitative estimate of drug-likeness (QED) is 0.350. The monoisotopic (exact) mass is 376 g/mol.